The Balaban J connectivity index is 2.01. The molecule has 0 unspecified atom stereocenters. The normalized spacial score (nSPS) is 17.1. The van der Waals surface area contributed by atoms with E-state index >= 15 is 0 Å². The van der Waals surface area contributed by atoms with E-state index in [0.29, 0.717) is 11.6 Å². The summed E-state index contributed by atoms with van der Waals surface area (Å²) in [7, 11) is 1.78. The van der Waals surface area contributed by atoms with Gasteiger partial charge < -0.3 is 10.0 Å². The second kappa shape index (κ2) is 5.29. The van der Waals surface area contributed by atoms with E-state index < -0.39 is 5.41 Å². The van der Waals surface area contributed by atoms with Crippen molar-refractivity contribution in [2.45, 2.75) is 25.8 Å². The molecule has 0 saturated heterocycles. The topological polar surface area (TPSA) is 40.5 Å². The van der Waals surface area contributed by atoms with Gasteiger partial charge in [0.15, 0.2) is 0 Å². The average Bonchev–Trinajstić information content (AvgIpc) is 2.31. The van der Waals surface area contributed by atoms with Gasteiger partial charge in [0, 0.05) is 18.6 Å². The van der Waals surface area contributed by atoms with Crippen LogP contribution < -0.4 is 0 Å². The van der Waals surface area contributed by atoms with Gasteiger partial charge in [-0.15, -0.1) is 0 Å². The minimum Gasteiger partial charge on any atom is -0.395 e. The van der Waals surface area contributed by atoms with Gasteiger partial charge in [-0.05, 0) is 30.5 Å². The first-order valence-corrected chi connectivity index (χ1v) is 6.56. The molecule has 1 aliphatic rings. The Morgan fingerprint density at radius 2 is 2.00 bits per heavy atom. The summed E-state index contributed by atoms with van der Waals surface area (Å²) in [6, 6.07) is 7.47. The second-order valence-electron chi connectivity index (χ2n) is 5.08. The zero-order valence-corrected chi connectivity index (χ0v) is 11.3. The lowest BCUT2D eigenvalue weighted by Gasteiger charge is -2.41. The fourth-order valence-corrected chi connectivity index (χ4v) is 2.51. The molecule has 1 N–H and O–H groups in total. The highest BCUT2D eigenvalue weighted by Gasteiger charge is 2.44. The van der Waals surface area contributed by atoms with Crippen molar-refractivity contribution >= 4 is 17.5 Å². The van der Waals surface area contributed by atoms with E-state index in [1.54, 1.807) is 11.9 Å². The molecule has 3 nitrogen and oxygen atoms in total. The van der Waals surface area contributed by atoms with E-state index in [2.05, 4.69) is 0 Å². The number of aliphatic hydroxyl groups excluding tert-OH is 1. The highest BCUT2D eigenvalue weighted by molar-refractivity contribution is 6.30. The number of carbonyl (C=O) groups excluding carboxylic acids is 1. The molecule has 0 heterocycles. The smallest absolute Gasteiger partial charge is 0.231 e. The fraction of sp³-hybridized carbons (Fsp3) is 0.500. The van der Waals surface area contributed by atoms with Crippen LogP contribution in [0.15, 0.2) is 24.3 Å². The van der Waals surface area contributed by atoms with Crippen LogP contribution >= 0.6 is 11.6 Å². The van der Waals surface area contributed by atoms with E-state index in [9.17, 15) is 9.90 Å². The fourth-order valence-electron chi connectivity index (χ4n) is 2.38. The van der Waals surface area contributed by atoms with Crippen LogP contribution in [-0.2, 0) is 11.3 Å². The first kappa shape index (κ1) is 13.4. The number of hydrogen-bond acceptors (Lipinski definition) is 2. The average molecular weight is 268 g/mol. The van der Waals surface area contributed by atoms with Gasteiger partial charge in [-0.3, -0.25) is 4.79 Å². The van der Waals surface area contributed by atoms with Gasteiger partial charge in [0.2, 0.25) is 5.91 Å². The Labute approximate surface area is 112 Å². The van der Waals surface area contributed by atoms with Gasteiger partial charge in [-0.2, -0.15) is 0 Å². The molecule has 0 aromatic heterocycles. The SMILES string of the molecule is CN(Cc1ccc(Cl)cc1)C(=O)C1(CO)CCC1. The van der Waals surface area contributed by atoms with E-state index in [0.717, 1.165) is 24.8 Å². The number of hydrogen-bond donors (Lipinski definition) is 1. The van der Waals surface area contributed by atoms with Crippen molar-refractivity contribution in [1.29, 1.82) is 0 Å². The third-order valence-electron chi connectivity index (χ3n) is 3.75. The van der Waals surface area contributed by atoms with Gasteiger partial charge in [0.25, 0.3) is 0 Å². The summed E-state index contributed by atoms with van der Waals surface area (Å²) in [5.41, 5.74) is 0.531. The highest BCUT2D eigenvalue weighted by atomic mass is 35.5. The maximum Gasteiger partial charge on any atom is 0.231 e. The third-order valence-corrected chi connectivity index (χ3v) is 4.00. The number of aliphatic hydroxyl groups is 1. The maximum absolute atomic E-state index is 12.3. The van der Waals surface area contributed by atoms with Crippen LogP contribution in [0, 0.1) is 5.41 Å². The van der Waals surface area contributed by atoms with Gasteiger partial charge in [-0.1, -0.05) is 30.2 Å². The lowest BCUT2D eigenvalue weighted by atomic mass is 9.68. The summed E-state index contributed by atoms with van der Waals surface area (Å²) in [6.07, 6.45) is 2.63. The molecule has 1 aromatic rings. The van der Waals surface area contributed by atoms with E-state index in [-0.39, 0.29) is 12.5 Å². The number of amides is 1. The molecule has 0 atom stereocenters. The minimum absolute atomic E-state index is 0.0449. The predicted molar refractivity (Wildman–Crippen MR) is 71.3 cm³/mol. The molecule has 1 fully saturated rings. The Bertz CT molecular complexity index is 420. The first-order valence-electron chi connectivity index (χ1n) is 6.18. The molecule has 4 heteroatoms. The lowest BCUT2D eigenvalue weighted by Crippen LogP contribution is -2.48. The first-order chi connectivity index (χ1) is 8.57. The van der Waals surface area contributed by atoms with E-state index in [4.69, 9.17) is 11.6 Å². The molecule has 98 valence electrons. The van der Waals surface area contributed by atoms with Crippen molar-refractivity contribution in [3.8, 4) is 0 Å². The second-order valence-corrected chi connectivity index (χ2v) is 5.52. The molecule has 0 radical (unpaired) electrons. The van der Waals surface area contributed by atoms with Crippen LogP contribution in [0.5, 0.6) is 0 Å². The number of halogens is 1. The zero-order chi connectivity index (χ0) is 13.2. The van der Waals surface area contributed by atoms with Gasteiger partial charge in [0.05, 0.1) is 12.0 Å². The molecule has 0 aliphatic heterocycles. The quantitative estimate of drug-likeness (QED) is 0.910. The number of carbonyl (C=O) groups is 1. The van der Waals surface area contributed by atoms with Gasteiger partial charge >= 0.3 is 0 Å². The van der Waals surface area contributed by atoms with Crippen LogP contribution in [0.2, 0.25) is 5.02 Å². The molecular formula is C14H18ClNO2. The van der Waals surface area contributed by atoms with Crippen molar-refractivity contribution in [3.05, 3.63) is 34.9 Å². The molecular weight excluding hydrogens is 250 g/mol. The number of benzene rings is 1. The Kier molecular flexibility index (Phi) is 3.93. The summed E-state index contributed by atoms with van der Waals surface area (Å²) >= 11 is 5.82. The number of nitrogens with zero attached hydrogens (tertiary/aromatic N) is 1. The van der Waals surface area contributed by atoms with Crippen LogP contribution in [-0.4, -0.2) is 29.6 Å². The van der Waals surface area contributed by atoms with Crippen molar-refractivity contribution in [1.82, 2.24) is 4.90 Å². The summed E-state index contributed by atoms with van der Waals surface area (Å²) in [6.45, 7) is 0.508. The standard InChI is InChI=1S/C14H18ClNO2/c1-16(9-11-3-5-12(15)6-4-11)13(18)14(10-17)7-2-8-14/h3-6,17H,2,7-10H2,1H3. The van der Waals surface area contributed by atoms with Crippen LogP contribution in [0.3, 0.4) is 0 Å². The minimum atomic E-state index is -0.513. The monoisotopic (exact) mass is 267 g/mol. The predicted octanol–water partition coefficient (Wildman–Crippen LogP) is 2.46. The highest BCUT2D eigenvalue weighted by Crippen LogP contribution is 2.42. The van der Waals surface area contributed by atoms with E-state index in [1.807, 2.05) is 24.3 Å². The Hall–Kier alpha value is -1.06. The number of rotatable bonds is 4. The maximum atomic E-state index is 12.3. The van der Waals surface area contributed by atoms with Gasteiger partial charge in [-0.25, -0.2) is 0 Å². The summed E-state index contributed by atoms with van der Waals surface area (Å²) in [5, 5.41) is 10.1. The summed E-state index contributed by atoms with van der Waals surface area (Å²) in [5.74, 6) is 0.0474. The third kappa shape index (κ3) is 2.52. The van der Waals surface area contributed by atoms with Gasteiger partial charge in [0.1, 0.15) is 0 Å². The molecule has 1 saturated carbocycles. The van der Waals surface area contributed by atoms with Crippen molar-refractivity contribution in [2.24, 2.45) is 5.41 Å². The zero-order valence-electron chi connectivity index (χ0n) is 10.5. The molecule has 0 spiro atoms. The lowest BCUT2D eigenvalue weighted by molar-refractivity contribution is -0.150. The molecule has 1 amide bonds. The van der Waals surface area contributed by atoms with Crippen molar-refractivity contribution in [3.63, 3.8) is 0 Å². The summed E-state index contributed by atoms with van der Waals surface area (Å²) in [4.78, 5) is 14.0. The van der Waals surface area contributed by atoms with E-state index in [1.165, 1.54) is 0 Å². The molecule has 1 aliphatic carbocycles. The molecule has 0 bridgehead atoms. The van der Waals surface area contributed by atoms with Crippen molar-refractivity contribution < 1.29 is 9.90 Å². The Morgan fingerprint density at radius 3 is 2.44 bits per heavy atom. The van der Waals surface area contributed by atoms with Crippen LogP contribution in [0.4, 0.5) is 0 Å². The molecule has 1 aromatic carbocycles. The largest absolute Gasteiger partial charge is 0.395 e. The molecule has 2 rings (SSSR count). The van der Waals surface area contributed by atoms with Crippen LogP contribution in [0.1, 0.15) is 24.8 Å². The Morgan fingerprint density at radius 1 is 1.39 bits per heavy atom. The van der Waals surface area contributed by atoms with Crippen LogP contribution in [0.25, 0.3) is 0 Å². The molecule has 18 heavy (non-hydrogen) atoms. The summed E-state index contributed by atoms with van der Waals surface area (Å²) < 4.78 is 0. The van der Waals surface area contributed by atoms with Crippen molar-refractivity contribution in [2.75, 3.05) is 13.7 Å².